The van der Waals surface area contributed by atoms with Gasteiger partial charge in [-0.1, -0.05) is 26.2 Å². The predicted molar refractivity (Wildman–Crippen MR) is 70.1 cm³/mol. The molecule has 0 spiro atoms. The van der Waals surface area contributed by atoms with Crippen LogP contribution in [0.4, 0.5) is 13.2 Å². The molecular formula is C14H26F3NO. The molecule has 0 aliphatic heterocycles. The Labute approximate surface area is 114 Å². The molecule has 0 radical (unpaired) electrons. The molecule has 0 saturated heterocycles. The standard InChI is InChI=1S/C14H26F3NO/c1-3-18-12(9-10-14(15,16)17)13(19-2)11-7-5-4-6-8-11/h11-13,18H,3-10H2,1-2H3. The number of alkyl halides is 3. The van der Waals surface area contributed by atoms with Gasteiger partial charge in [0.1, 0.15) is 0 Å². The summed E-state index contributed by atoms with van der Waals surface area (Å²) in [6, 6.07) is -0.195. The van der Waals surface area contributed by atoms with Crippen molar-refractivity contribution in [1.82, 2.24) is 5.32 Å². The third-order valence-electron chi connectivity index (χ3n) is 3.99. The molecule has 19 heavy (non-hydrogen) atoms. The molecule has 0 amide bonds. The summed E-state index contributed by atoms with van der Waals surface area (Å²) >= 11 is 0. The third kappa shape index (κ3) is 6.13. The van der Waals surface area contributed by atoms with E-state index < -0.39 is 12.6 Å². The maximum absolute atomic E-state index is 12.4. The number of methoxy groups -OCH3 is 1. The maximum atomic E-state index is 12.4. The normalized spacial score (nSPS) is 21.3. The van der Waals surface area contributed by atoms with Crippen LogP contribution in [-0.2, 0) is 4.74 Å². The Balaban J connectivity index is 2.58. The first kappa shape index (κ1) is 16.8. The molecule has 2 atom stereocenters. The highest BCUT2D eigenvalue weighted by Crippen LogP contribution is 2.31. The molecular weight excluding hydrogens is 255 g/mol. The Kier molecular flexibility index (Phi) is 7.15. The molecule has 2 nitrogen and oxygen atoms in total. The molecule has 1 rings (SSSR count). The summed E-state index contributed by atoms with van der Waals surface area (Å²) in [5.41, 5.74) is 0. The summed E-state index contributed by atoms with van der Waals surface area (Å²) in [6.07, 6.45) is 0.913. The van der Waals surface area contributed by atoms with Gasteiger partial charge in [-0.2, -0.15) is 13.2 Å². The predicted octanol–water partition coefficient (Wildman–Crippen LogP) is 3.90. The summed E-state index contributed by atoms with van der Waals surface area (Å²) in [6.45, 7) is 2.60. The molecule has 1 fully saturated rings. The van der Waals surface area contributed by atoms with Crippen LogP contribution in [0.1, 0.15) is 51.9 Å². The number of rotatable bonds is 7. The zero-order chi connectivity index (χ0) is 14.3. The van der Waals surface area contributed by atoms with Crippen LogP contribution in [-0.4, -0.2) is 32.0 Å². The minimum atomic E-state index is -4.08. The van der Waals surface area contributed by atoms with E-state index in [4.69, 9.17) is 4.74 Å². The molecule has 5 heteroatoms. The van der Waals surface area contributed by atoms with E-state index in [9.17, 15) is 13.2 Å². The average Bonchev–Trinajstić information content (AvgIpc) is 2.37. The average molecular weight is 281 g/mol. The minimum Gasteiger partial charge on any atom is -0.380 e. The quantitative estimate of drug-likeness (QED) is 0.764. The highest BCUT2D eigenvalue weighted by atomic mass is 19.4. The Hall–Kier alpha value is -0.290. The van der Waals surface area contributed by atoms with Crippen molar-refractivity contribution >= 4 is 0 Å². The van der Waals surface area contributed by atoms with Crippen LogP contribution in [0, 0.1) is 5.92 Å². The monoisotopic (exact) mass is 281 g/mol. The van der Waals surface area contributed by atoms with Gasteiger partial charge in [-0.25, -0.2) is 0 Å². The number of hydrogen-bond acceptors (Lipinski definition) is 2. The van der Waals surface area contributed by atoms with Gasteiger partial charge in [0.15, 0.2) is 0 Å². The fourth-order valence-electron chi connectivity index (χ4n) is 3.11. The maximum Gasteiger partial charge on any atom is 0.389 e. The lowest BCUT2D eigenvalue weighted by atomic mass is 9.81. The van der Waals surface area contributed by atoms with Crippen molar-refractivity contribution in [2.75, 3.05) is 13.7 Å². The minimum absolute atomic E-state index is 0.0948. The van der Waals surface area contributed by atoms with Crippen LogP contribution in [0.2, 0.25) is 0 Å². The van der Waals surface area contributed by atoms with E-state index in [1.165, 1.54) is 19.3 Å². The molecule has 1 N–H and O–H groups in total. The molecule has 2 unspecified atom stereocenters. The Morgan fingerprint density at radius 3 is 2.32 bits per heavy atom. The largest absolute Gasteiger partial charge is 0.389 e. The van der Waals surface area contributed by atoms with Gasteiger partial charge in [0.25, 0.3) is 0 Å². The SMILES string of the molecule is CCNC(CCC(F)(F)F)C(OC)C1CCCCC1. The van der Waals surface area contributed by atoms with Gasteiger partial charge >= 0.3 is 6.18 Å². The van der Waals surface area contributed by atoms with Crippen LogP contribution < -0.4 is 5.32 Å². The van der Waals surface area contributed by atoms with Gasteiger partial charge in [-0.15, -0.1) is 0 Å². The molecule has 0 bridgehead atoms. The van der Waals surface area contributed by atoms with Gasteiger partial charge in [-0.05, 0) is 31.7 Å². The molecule has 1 aliphatic carbocycles. The summed E-state index contributed by atoms with van der Waals surface area (Å²) in [5.74, 6) is 0.399. The van der Waals surface area contributed by atoms with Gasteiger partial charge in [-0.3, -0.25) is 0 Å². The Morgan fingerprint density at radius 2 is 1.84 bits per heavy atom. The molecule has 0 aromatic carbocycles. The van der Waals surface area contributed by atoms with Crippen molar-refractivity contribution in [2.24, 2.45) is 5.92 Å². The van der Waals surface area contributed by atoms with Crippen LogP contribution in [0.15, 0.2) is 0 Å². The molecule has 0 aromatic heterocycles. The van der Waals surface area contributed by atoms with E-state index in [1.54, 1.807) is 7.11 Å². The van der Waals surface area contributed by atoms with Crippen molar-refractivity contribution in [3.05, 3.63) is 0 Å². The van der Waals surface area contributed by atoms with Crippen molar-refractivity contribution in [1.29, 1.82) is 0 Å². The zero-order valence-corrected chi connectivity index (χ0v) is 11.9. The second kappa shape index (κ2) is 8.10. The van der Waals surface area contributed by atoms with Crippen LogP contribution in [0.3, 0.4) is 0 Å². The van der Waals surface area contributed by atoms with E-state index >= 15 is 0 Å². The fourth-order valence-corrected chi connectivity index (χ4v) is 3.11. The smallest absolute Gasteiger partial charge is 0.380 e. The number of nitrogens with one attached hydrogen (secondary N) is 1. The van der Waals surface area contributed by atoms with Crippen LogP contribution >= 0.6 is 0 Å². The number of ether oxygens (including phenoxy) is 1. The Bertz CT molecular complexity index is 239. The lowest BCUT2D eigenvalue weighted by Crippen LogP contribution is -2.46. The fraction of sp³-hybridized carbons (Fsp3) is 1.00. The summed E-state index contributed by atoms with van der Waals surface area (Å²) in [7, 11) is 1.62. The first-order valence-corrected chi connectivity index (χ1v) is 7.31. The first-order chi connectivity index (χ1) is 8.98. The summed E-state index contributed by atoms with van der Waals surface area (Å²) in [5, 5.41) is 3.18. The first-order valence-electron chi connectivity index (χ1n) is 7.31. The van der Waals surface area contributed by atoms with Gasteiger partial charge in [0.05, 0.1) is 6.10 Å². The van der Waals surface area contributed by atoms with E-state index in [1.807, 2.05) is 6.92 Å². The van der Waals surface area contributed by atoms with Gasteiger partial charge < -0.3 is 10.1 Å². The lowest BCUT2D eigenvalue weighted by molar-refractivity contribution is -0.139. The molecule has 1 aliphatic rings. The van der Waals surface area contributed by atoms with Crippen LogP contribution in [0.5, 0.6) is 0 Å². The lowest BCUT2D eigenvalue weighted by Gasteiger charge is -2.35. The number of likely N-dealkylation sites (N-methyl/N-ethyl adjacent to an activating group) is 1. The third-order valence-corrected chi connectivity index (χ3v) is 3.99. The zero-order valence-electron chi connectivity index (χ0n) is 11.9. The van der Waals surface area contributed by atoms with E-state index in [2.05, 4.69) is 5.32 Å². The summed E-state index contributed by atoms with van der Waals surface area (Å²) < 4.78 is 42.7. The molecule has 0 heterocycles. The second-order valence-corrected chi connectivity index (χ2v) is 5.42. The van der Waals surface area contributed by atoms with Crippen molar-refractivity contribution in [2.45, 2.75) is 70.2 Å². The van der Waals surface area contributed by atoms with Crippen molar-refractivity contribution in [3.63, 3.8) is 0 Å². The highest BCUT2D eigenvalue weighted by Gasteiger charge is 2.34. The van der Waals surface area contributed by atoms with Crippen LogP contribution in [0.25, 0.3) is 0 Å². The van der Waals surface area contributed by atoms with Crippen molar-refractivity contribution < 1.29 is 17.9 Å². The van der Waals surface area contributed by atoms with E-state index in [0.29, 0.717) is 12.5 Å². The molecule has 0 aromatic rings. The number of halogens is 3. The second-order valence-electron chi connectivity index (χ2n) is 5.42. The summed E-state index contributed by atoms with van der Waals surface area (Å²) in [4.78, 5) is 0. The molecule has 114 valence electrons. The highest BCUT2D eigenvalue weighted by molar-refractivity contribution is 4.85. The Morgan fingerprint density at radius 1 is 1.21 bits per heavy atom. The van der Waals surface area contributed by atoms with Gasteiger partial charge in [0.2, 0.25) is 0 Å². The van der Waals surface area contributed by atoms with Gasteiger partial charge in [0, 0.05) is 19.6 Å². The van der Waals surface area contributed by atoms with E-state index in [-0.39, 0.29) is 18.6 Å². The van der Waals surface area contributed by atoms with Crippen molar-refractivity contribution in [3.8, 4) is 0 Å². The molecule has 1 saturated carbocycles. The van der Waals surface area contributed by atoms with E-state index in [0.717, 1.165) is 12.8 Å². The topological polar surface area (TPSA) is 21.3 Å². The number of hydrogen-bond donors (Lipinski definition) is 1.